The molecule has 2 nitrogen and oxygen atoms in total. The quantitative estimate of drug-likeness (QED) is 0.149. The average molecular weight is 713 g/mol. The third-order valence-electron chi connectivity index (χ3n) is 11.3. The first kappa shape index (κ1) is 32.0. The van der Waals surface area contributed by atoms with E-state index < -0.39 is 0 Å². The molecule has 56 heavy (non-hydrogen) atoms. The minimum Gasteiger partial charge on any atom is -0.310 e. The Balaban J connectivity index is 1.05. The SMILES string of the molecule is c1ccc(-c2ccc(N(c3ccc(-c4ccccc4)cc3)c3cccc(-c4ccc(-n5c6cccc7ccc8cccc5c8c76)c5ccccc45)c3)cc2)cc1. The summed E-state index contributed by atoms with van der Waals surface area (Å²) in [4.78, 5) is 2.37. The highest BCUT2D eigenvalue weighted by molar-refractivity contribution is 6.24. The van der Waals surface area contributed by atoms with Crippen molar-refractivity contribution in [2.45, 2.75) is 0 Å². The molecule has 10 aromatic carbocycles. The molecule has 1 heterocycles. The summed E-state index contributed by atoms with van der Waals surface area (Å²) in [7, 11) is 0. The van der Waals surface area contributed by atoms with Gasteiger partial charge in [-0.05, 0) is 104 Å². The molecule has 0 amide bonds. The predicted molar refractivity (Wildman–Crippen MR) is 238 cm³/mol. The topological polar surface area (TPSA) is 8.17 Å². The van der Waals surface area contributed by atoms with Crippen LogP contribution in [0.25, 0.3) is 82.4 Å². The zero-order valence-corrected chi connectivity index (χ0v) is 30.7. The van der Waals surface area contributed by atoms with E-state index >= 15 is 0 Å². The van der Waals surface area contributed by atoms with Crippen molar-refractivity contribution in [3.05, 3.63) is 218 Å². The minimum absolute atomic E-state index is 1.10. The Morgan fingerprint density at radius 2 is 0.786 bits per heavy atom. The summed E-state index contributed by atoms with van der Waals surface area (Å²) >= 11 is 0. The minimum atomic E-state index is 1.10. The number of aromatic nitrogens is 1. The van der Waals surface area contributed by atoms with Crippen molar-refractivity contribution >= 4 is 60.4 Å². The van der Waals surface area contributed by atoms with Crippen molar-refractivity contribution in [1.82, 2.24) is 4.57 Å². The van der Waals surface area contributed by atoms with Crippen molar-refractivity contribution in [3.63, 3.8) is 0 Å². The van der Waals surface area contributed by atoms with E-state index in [1.54, 1.807) is 0 Å². The van der Waals surface area contributed by atoms with Crippen molar-refractivity contribution in [1.29, 1.82) is 0 Å². The van der Waals surface area contributed by atoms with Gasteiger partial charge in [0.2, 0.25) is 0 Å². The van der Waals surface area contributed by atoms with Gasteiger partial charge in [-0.15, -0.1) is 0 Å². The highest BCUT2D eigenvalue weighted by Gasteiger charge is 2.20. The van der Waals surface area contributed by atoms with E-state index in [1.165, 1.54) is 82.4 Å². The number of hydrogen-bond donors (Lipinski definition) is 0. The summed E-state index contributed by atoms with van der Waals surface area (Å²) in [6.45, 7) is 0. The lowest BCUT2D eigenvalue weighted by Gasteiger charge is -2.26. The Bertz CT molecular complexity index is 3010. The van der Waals surface area contributed by atoms with Crippen LogP contribution in [-0.4, -0.2) is 4.57 Å². The Hall–Kier alpha value is -7.42. The molecule has 0 atom stereocenters. The number of nitrogens with zero attached hydrogens (tertiary/aromatic N) is 2. The highest BCUT2D eigenvalue weighted by atomic mass is 15.1. The normalized spacial score (nSPS) is 11.6. The first-order chi connectivity index (χ1) is 27.8. The third kappa shape index (κ3) is 5.26. The number of fused-ring (bicyclic) bond motifs is 1. The fourth-order valence-electron chi connectivity index (χ4n) is 8.74. The molecule has 0 radical (unpaired) electrons. The second-order valence-electron chi connectivity index (χ2n) is 14.5. The molecule has 11 rings (SSSR count). The van der Waals surface area contributed by atoms with Crippen LogP contribution in [0.5, 0.6) is 0 Å². The number of rotatable bonds is 7. The molecule has 0 N–H and O–H groups in total. The fourth-order valence-corrected chi connectivity index (χ4v) is 8.74. The zero-order chi connectivity index (χ0) is 37.0. The molecule has 1 aromatic heterocycles. The van der Waals surface area contributed by atoms with Crippen LogP contribution in [0.3, 0.4) is 0 Å². The molecule has 0 unspecified atom stereocenters. The van der Waals surface area contributed by atoms with Gasteiger partial charge in [-0.1, -0.05) is 164 Å². The first-order valence-corrected chi connectivity index (χ1v) is 19.3. The second-order valence-corrected chi connectivity index (χ2v) is 14.5. The summed E-state index contributed by atoms with van der Waals surface area (Å²) in [6.07, 6.45) is 0. The molecule has 0 bridgehead atoms. The monoisotopic (exact) mass is 712 g/mol. The highest BCUT2D eigenvalue weighted by Crippen LogP contribution is 2.43. The molecule has 11 aromatic rings. The maximum Gasteiger partial charge on any atom is 0.0547 e. The lowest BCUT2D eigenvalue weighted by Crippen LogP contribution is -2.10. The summed E-state index contributed by atoms with van der Waals surface area (Å²) < 4.78 is 2.47. The summed E-state index contributed by atoms with van der Waals surface area (Å²) in [6, 6.07) is 79.3. The van der Waals surface area contributed by atoms with Crippen molar-refractivity contribution in [2.24, 2.45) is 0 Å². The van der Waals surface area contributed by atoms with E-state index in [0.29, 0.717) is 0 Å². The number of anilines is 3. The van der Waals surface area contributed by atoms with E-state index in [4.69, 9.17) is 0 Å². The lowest BCUT2D eigenvalue weighted by molar-refractivity contribution is 1.20. The second kappa shape index (κ2) is 13.2. The number of hydrogen-bond acceptors (Lipinski definition) is 1. The summed E-state index contributed by atoms with van der Waals surface area (Å²) in [5.74, 6) is 0. The average Bonchev–Trinajstić information content (AvgIpc) is 3.62. The van der Waals surface area contributed by atoms with Gasteiger partial charge in [0, 0.05) is 33.2 Å². The van der Waals surface area contributed by atoms with E-state index in [2.05, 4.69) is 228 Å². The molecule has 0 aliphatic rings. The molecule has 0 saturated heterocycles. The van der Waals surface area contributed by atoms with Crippen LogP contribution in [0.1, 0.15) is 0 Å². The number of benzene rings is 10. The van der Waals surface area contributed by atoms with Gasteiger partial charge in [0.05, 0.1) is 16.7 Å². The fraction of sp³-hybridized carbons (Fsp3) is 0. The van der Waals surface area contributed by atoms with Crippen LogP contribution in [0.2, 0.25) is 0 Å². The maximum absolute atomic E-state index is 2.47. The lowest BCUT2D eigenvalue weighted by atomic mass is 9.96. The predicted octanol–water partition coefficient (Wildman–Crippen LogP) is 15.0. The van der Waals surface area contributed by atoms with Crippen LogP contribution in [0.4, 0.5) is 17.1 Å². The standard InChI is InChI=1S/C54H36N2/c1-3-12-37(13-4-1)39-26-30-44(31-27-39)55(45-32-28-40(29-33-45)38-14-5-2-6-15-38)46-19-9-18-43(36-46)47-34-35-50(49-21-8-7-20-48(47)49)56-51-22-10-16-41-24-25-42-17-11-23-52(56)54(42)53(41)51/h1-36H. The van der Waals surface area contributed by atoms with E-state index in [1.807, 2.05) is 0 Å². The summed E-state index contributed by atoms with van der Waals surface area (Å²) in [5, 5.41) is 7.66. The molecular weight excluding hydrogens is 677 g/mol. The Kier molecular flexibility index (Phi) is 7.53. The molecular formula is C54H36N2. The zero-order valence-electron chi connectivity index (χ0n) is 30.7. The van der Waals surface area contributed by atoms with Crippen LogP contribution in [0.15, 0.2) is 218 Å². The first-order valence-electron chi connectivity index (χ1n) is 19.3. The van der Waals surface area contributed by atoms with E-state index in [-0.39, 0.29) is 0 Å². The molecule has 0 aliphatic heterocycles. The Morgan fingerprint density at radius 1 is 0.304 bits per heavy atom. The van der Waals surface area contributed by atoms with Crippen molar-refractivity contribution in [2.75, 3.05) is 4.90 Å². The van der Waals surface area contributed by atoms with Crippen LogP contribution < -0.4 is 4.90 Å². The van der Waals surface area contributed by atoms with Gasteiger partial charge in [-0.3, -0.25) is 0 Å². The molecule has 0 aliphatic carbocycles. The molecule has 0 fully saturated rings. The molecule has 0 spiro atoms. The van der Waals surface area contributed by atoms with Gasteiger partial charge in [-0.2, -0.15) is 0 Å². The van der Waals surface area contributed by atoms with Gasteiger partial charge in [0.15, 0.2) is 0 Å². The van der Waals surface area contributed by atoms with Gasteiger partial charge in [0.1, 0.15) is 0 Å². The van der Waals surface area contributed by atoms with Crippen LogP contribution >= 0.6 is 0 Å². The van der Waals surface area contributed by atoms with Crippen LogP contribution in [0, 0.1) is 0 Å². The van der Waals surface area contributed by atoms with Gasteiger partial charge in [-0.25, -0.2) is 0 Å². The Labute approximate surface area is 326 Å². The molecule has 2 heteroatoms. The van der Waals surface area contributed by atoms with Gasteiger partial charge < -0.3 is 9.47 Å². The van der Waals surface area contributed by atoms with E-state index in [9.17, 15) is 0 Å². The van der Waals surface area contributed by atoms with Crippen molar-refractivity contribution < 1.29 is 0 Å². The van der Waals surface area contributed by atoms with Crippen molar-refractivity contribution in [3.8, 4) is 39.1 Å². The smallest absolute Gasteiger partial charge is 0.0547 e. The third-order valence-corrected chi connectivity index (χ3v) is 11.3. The Morgan fingerprint density at radius 3 is 1.36 bits per heavy atom. The van der Waals surface area contributed by atoms with Gasteiger partial charge in [0.25, 0.3) is 0 Å². The molecule has 262 valence electrons. The van der Waals surface area contributed by atoms with Gasteiger partial charge >= 0.3 is 0 Å². The van der Waals surface area contributed by atoms with Crippen LogP contribution in [-0.2, 0) is 0 Å². The maximum atomic E-state index is 2.47. The molecule has 0 saturated carbocycles. The van der Waals surface area contributed by atoms with E-state index in [0.717, 1.165) is 17.1 Å². The largest absolute Gasteiger partial charge is 0.310 e. The summed E-state index contributed by atoms with van der Waals surface area (Å²) in [5.41, 5.74) is 14.2.